The number of fused-ring (bicyclic) bond motifs is 1. The fourth-order valence-corrected chi connectivity index (χ4v) is 2.60. The number of aryl methyl sites for hydroxylation is 1. The molecular formula is C17H15ClFNO. The molecule has 0 aliphatic heterocycles. The first-order valence-electron chi connectivity index (χ1n) is 6.73. The van der Waals surface area contributed by atoms with Crippen LogP contribution in [0.2, 0.25) is 5.02 Å². The summed E-state index contributed by atoms with van der Waals surface area (Å²) in [6.45, 7) is 2.02. The normalized spacial score (nSPS) is 12.8. The molecule has 1 atom stereocenters. The second-order valence-electron chi connectivity index (χ2n) is 5.21. The van der Waals surface area contributed by atoms with Crippen molar-refractivity contribution in [2.75, 3.05) is 0 Å². The summed E-state index contributed by atoms with van der Waals surface area (Å²) >= 11 is 5.79. The van der Waals surface area contributed by atoms with E-state index < -0.39 is 11.9 Å². The van der Waals surface area contributed by atoms with Crippen molar-refractivity contribution >= 4 is 22.6 Å². The van der Waals surface area contributed by atoms with E-state index in [2.05, 4.69) is 0 Å². The highest BCUT2D eigenvalue weighted by Gasteiger charge is 2.16. The van der Waals surface area contributed by atoms with Gasteiger partial charge >= 0.3 is 0 Å². The summed E-state index contributed by atoms with van der Waals surface area (Å²) in [6, 6.07) is 12.4. The molecule has 0 aliphatic carbocycles. The van der Waals surface area contributed by atoms with Gasteiger partial charge in [0.2, 0.25) is 0 Å². The molecule has 1 aromatic heterocycles. The highest BCUT2D eigenvalue weighted by Crippen LogP contribution is 2.27. The molecule has 0 fully saturated rings. The van der Waals surface area contributed by atoms with Gasteiger partial charge < -0.3 is 10.2 Å². The third kappa shape index (κ3) is 2.80. The Hall–Kier alpha value is -1.84. The predicted molar refractivity (Wildman–Crippen MR) is 83.0 cm³/mol. The zero-order valence-electron chi connectivity index (χ0n) is 11.6. The molecule has 0 bridgehead atoms. The van der Waals surface area contributed by atoms with Crippen LogP contribution in [0.25, 0.3) is 11.0 Å². The molecule has 4 heteroatoms. The van der Waals surface area contributed by atoms with E-state index in [0.717, 1.165) is 16.5 Å². The maximum absolute atomic E-state index is 13.9. The van der Waals surface area contributed by atoms with Crippen LogP contribution in [0.15, 0.2) is 46.9 Å². The van der Waals surface area contributed by atoms with Gasteiger partial charge in [0.1, 0.15) is 17.2 Å². The molecule has 0 amide bonds. The van der Waals surface area contributed by atoms with Crippen molar-refractivity contribution in [3.63, 3.8) is 0 Å². The van der Waals surface area contributed by atoms with Crippen LogP contribution in [-0.2, 0) is 6.42 Å². The molecule has 2 nitrogen and oxygen atoms in total. The molecule has 2 aromatic carbocycles. The molecule has 108 valence electrons. The molecule has 0 radical (unpaired) electrons. The third-order valence-corrected chi connectivity index (χ3v) is 3.82. The first kappa shape index (κ1) is 14.1. The fraction of sp³-hybridized carbons (Fsp3) is 0.176. The van der Waals surface area contributed by atoms with Gasteiger partial charge in [-0.2, -0.15) is 0 Å². The van der Waals surface area contributed by atoms with Crippen LogP contribution < -0.4 is 5.73 Å². The number of halogens is 2. The van der Waals surface area contributed by atoms with Crippen LogP contribution >= 0.6 is 11.6 Å². The second-order valence-corrected chi connectivity index (χ2v) is 5.62. The smallest absolute Gasteiger partial charge is 0.145 e. The van der Waals surface area contributed by atoms with E-state index in [0.29, 0.717) is 17.7 Å². The summed E-state index contributed by atoms with van der Waals surface area (Å²) in [6.07, 6.45) is 0.338. The molecule has 1 unspecified atom stereocenters. The SMILES string of the molecule is Cc1ccc2oc(C(N)Cc3cccc(Cl)c3F)cc2c1. The number of hydrogen-bond acceptors (Lipinski definition) is 2. The molecule has 2 N–H and O–H groups in total. The zero-order valence-corrected chi connectivity index (χ0v) is 12.3. The maximum atomic E-state index is 13.9. The van der Waals surface area contributed by atoms with Gasteiger partial charge in [-0.3, -0.25) is 0 Å². The van der Waals surface area contributed by atoms with E-state index in [9.17, 15) is 4.39 Å². The van der Waals surface area contributed by atoms with Crippen molar-refractivity contribution in [3.8, 4) is 0 Å². The topological polar surface area (TPSA) is 39.2 Å². The molecule has 21 heavy (non-hydrogen) atoms. The van der Waals surface area contributed by atoms with E-state index in [1.807, 2.05) is 31.2 Å². The molecule has 3 aromatic rings. The van der Waals surface area contributed by atoms with Crippen LogP contribution in [0.3, 0.4) is 0 Å². The van der Waals surface area contributed by atoms with Crippen LogP contribution in [0.4, 0.5) is 4.39 Å². The summed E-state index contributed by atoms with van der Waals surface area (Å²) < 4.78 is 19.7. The fourth-order valence-electron chi connectivity index (χ4n) is 2.41. The van der Waals surface area contributed by atoms with E-state index >= 15 is 0 Å². The lowest BCUT2D eigenvalue weighted by Crippen LogP contribution is -2.13. The highest BCUT2D eigenvalue weighted by molar-refractivity contribution is 6.30. The molecule has 0 aliphatic rings. The first-order valence-corrected chi connectivity index (χ1v) is 7.11. The Morgan fingerprint density at radius 1 is 1.24 bits per heavy atom. The molecule has 0 saturated heterocycles. The van der Waals surface area contributed by atoms with Gasteiger partial charge in [-0.25, -0.2) is 4.39 Å². The molecule has 1 heterocycles. The standard InChI is InChI=1S/C17H15ClFNO/c1-10-5-6-15-12(7-10)9-16(21-15)14(20)8-11-3-2-4-13(18)17(11)19/h2-7,9,14H,8,20H2,1H3. The quantitative estimate of drug-likeness (QED) is 0.756. The van der Waals surface area contributed by atoms with Gasteiger partial charge in [0.25, 0.3) is 0 Å². The van der Waals surface area contributed by atoms with E-state index in [-0.39, 0.29) is 5.02 Å². The van der Waals surface area contributed by atoms with Gasteiger partial charge in [-0.05, 0) is 43.2 Å². The molecule has 3 rings (SSSR count). The van der Waals surface area contributed by atoms with Crippen molar-refractivity contribution < 1.29 is 8.81 Å². The lowest BCUT2D eigenvalue weighted by Gasteiger charge is -2.10. The Bertz CT molecular complexity index is 797. The number of rotatable bonds is 3. The largest absolute Gasteiger partial charge is 0.459 e. The van der Waals surface area contributed by atoms with Gasteiger partial charge in [0.15, 0.2) is 0 Å². The zero-order chi connectivity index (χ0) is 15.0. The van der Waals surface area contributed by atoms with Crippen molar-refractivity contribution in [1.29, 1.82) is 0 Å². The summed E-state index contributed by atoms with van der Waals surface area (Å²) in [7, 11) is 0. The average Bonchev–Trinajstić information content (AvgIpc) is 2.87. The Labute approximate surface area is 127 Å². The van der Waals surface area contributed by atoms with Gasteiger partial charge in [0, 0.05) is 5.39 Å². The number of furan rings is 1. The minimum Gasteiger partial charge on any atom is -0.459 e. The average molecular weight is 304 g/mol. The van der Waals surface area contributed by atoms with Gasteiger partial charge in [-0.15, -0.1) is 0 Å². The van der Waals surface area contributed by atoms with Gasteiger partial charge in [0.05, 0.1) is 11.1 Å². The number of hydrogen-bond donors (Lipinski definition) is 1. The van der Waals surface area contributed by atoms with Crippen molar-refractivity contribution in [1.82, 2.24) is 0 Å². The minimum atomic E-state index is -0.415. The van der Waals surface area contributed by atoms with Crippen molar-refractivity contribution in [2.45, 2.75) is 19.4 Å². The van der Waals surface area contributed by atoms with Crippen LogP contribution in [0.5, 0.6) is 0 Å². The summed E-state index contributed by atoms with van der Waals surface area (Å²) in [4.78, 5) is 0. The molecule has 0 saturated carbocycles. The number of benzene rings is 2. The summed E-state index contributed by atoms with van der Waals surface area (Å²) in [5, 5.41) is 1.12. The van der Waals surface area contributed by atoms with Crippen molar-refractivity contribution in [2.24, 2.45) is 5.73 Å². The lowest BCUT2D eigenvalue weighted by atomic mass is 10.0. The van der Waals surface area contributed by atoms with E-state index in [1.165, 1.54) is 6.07 Å². The summed E-state index contributed by atoms with van der Waals surface area (Å²) in [5.74, 6) is 0.233. The monoisotopic (exact) mass is 303 g/mol. The van der Waals surface area contributed by atoms with Crippen molar-refractivity contribution in [3.05, 3.63) is 70.2 Å². The Balaban J connectivity index is 1.89. The Kier molecular flexibility index (Phi) is 3.70. The lowest BCUT2D eigenvalue weighted by molar-refractivity contribution is 0.487. The van der Waals surface area contributed by atoms with E-state index in [1.54, 1.807) is 12.1 Å². The van der Waals surface area contributed by atoms with Crippen LogP contribution in [-0.4, -0.2) is 0 Å². The van der Waals surface area contributed by atoms with Crippen LogP contribution in [0.1, 0.15) is 22.9 Å². The molecular weight excluding hydrogens is 289 g/mol. The van der Waals surface area contributed by atoms with Gasteiger partial charge in [-0.1, -0.05) is 35.4 Å². The highest BCUT2D eigenvalue weighted by atomic mass is 35.5. The summed E-state index contributed by atoms with van der Waals surface area (Å²) in [5.41, 5.74) is 8.58. The molecule has 0 spiro atoms. The van der Waals surface area contributed by atoms with E-state index in [4.69, 9.17) is 21.8 Å². The first-order chi connectivity index (χ1) is 10.0. The second kappa shape index (κ2) is 5.51. The Morgan fingerprint density at radius 3 is 2.86 bits per heavy atom. The Morgan fingerprint density at radius 2 is 2.05 bits per heavy atom. The number of nitrogens with two attached hydrogens (primary N) is 1. The third-order valence-electron chi connectivity index (χ3n) is 3.53. The predicted octanol–water partition coefficient (Wildman–Crippen LogP) is 4.78. The minimum absolute atomic E-state index is 0.111. The van der Waals surface area contributed by atoms with Crippen LogP contribution in [0, 0.1) is 12.7 Å². The maximum Gasteiger partial charge on any atom is 0.145 e.